The molecule has 0 spiro atoms. The molecule has 2 heterocycles. The minimum atomic E-state index is -1.51. The number of rotatable bonds is 27. The highest BCUT2D eigenvalue weighted by Crippen LogP contribution is 2.13. The Kier molecular flexibility index (Phi) is 20.6. The third-order valence-corrected chi connectivity index (χ3v) is 10.6. The maximum atomic E-state index is 13.7. The topological polar surface area (TPSA) is 385 Å². The summed E-state index contributed by atoms with van der Waals surface area (Å²) >= 11 is 4.18. The molecule has 0 bridgehead atoms. The Balaban J connectivity index is 1.34. The number of carboxylic acids is 2. The lowest BCUT2D eigenvalue weighted by Crippen LogP contribution is -2.58. The molecule has 6 amide bonds. The molecule has 0 aliphatic heterocycles. The number of likely N-dealkylation sites (N-methyl/N-ethyl adjacent to an activating group) is 1. The van der Waals surface area contributed by atoms with E-state index in [1.54, 1.807) is 42.5 Å². The van der Waals surface area contributed by atoms with E-state index in [1.165, 1.54) is 25.4 Å². The number of aromatic amines is 1. The van der Waals surface area contributed by atoms with E-state index >= 15 is 0 Å². The molecule has 0 aliphatic carbocycles. The summed E-state index contributed by atoms with van der Waals surface area (Å²) in [5, 5.41) is 37.3. The average molecular weight is 962 g/mol. The van der Waals surface area contributed by atoms with E-state index in [0.717, 1.165) is 5.56 Å². The van der Waals surface area contributed by atoms with Crippen LogP contribution in [0.15, 0.2) is 65.6 Å². The fourth-order valence-electron chi connectivity index (χ4n) is 6.57. The predicted octanol–water partition coefficient (Wildman–Crippen LogP) is -1.28. The lowest BCUT2D eigenvalue weighted by molar-refractivity contribution is -0.140. The Hall–Kier alpha value is -7.67. The zero-order chi connectivity index (χ0) is 49.8. The van der Waals surface area contributed by atoms with Gasteiger partial charge >= 0.3 is 11.9 Å². The van der Waals surface area contributed by atoms with Crippen LogP contribution in [0.2, 0.25) is 0 Å². The number of nitrogens with zero attached hydrogens (tertiary/aromatic N) is 3. The van der Waals surface area contributed by atoms with Gasteiger partial charge in [0, 0.05) is 43.3 Å². The number of hydrogen-bond acceptors (Lipinski definition) is 16. The number of nitrogens with two attached hydrogens (primary N) is 2. The summed E-state index contributed by atoms with van der Waals surface area (Å²) < 4.78 is 0. The average Bonchev–Trinajstić information content (AvgIpc) is 3.31. The molecule has 0 saturated heterocycles. The van der Waals surface area contributed by atoms with Crippen molar-refractivity contribution in [2.45, 2.75) is 88.1 Å². The van der Waals surface area contributed by atoms with Crippen LogP contribution in [-0.4, -0.2) is 127 Å². The lowest BCUT2D eigenvalue weighted by Gasteiger charge is -2.26. The second-order valence-corrected chi connectivity index (χ2v) is 15.7. The molecule has 14 N–H and O–H groups in total. The summed E-state index contributed by atoms with van der Waals surface area (Å²) in [5.74, 6) is -7.62. The minimum absolute atomic E-state index is 0.00513. The van der Waals surface area contributed by atoms with Gasteiger partial charge in [-0.1, -0.05) is 30.3 Å². The van der Waals surface area contributed by atoms with Crippen molar-refractivity contribution in [1.29, 1.82) is 0 Å². The number of hydrogen-bond donors (Lipinski definition) is 13. The number of H-pyrrole nitrogens is 1. The molecule has 1 unspecified atom stereocenters. The van der Waals surface area contributed by atoms with Gasteiger partial charge in [0.25, 0.3) is 11.5 Å². The summed E-state index contributed by atoms with van der Waals surface area (Å²) in [6.07, 6.45) is 0.633. The van der Waals surface area contributed by atoms with Crippen LogP contribution in [0.5, 0.6) is 0 Å². The molecular formula is C43H55N13O11S. The molecule has 25 heteroatoms. The molecule has 2 aromatic carbocycles. The first-order valence-electron chi connectivity index (χ1n) is 21.4. The number of benzene rings is 2. The number of thiol groups is 1. The van der Waals surface area contributed by atoms with Crippen molar-refractivity contribution in [2.75, 3.05) is 30.4 Å². The van der Waals surface area contributed by atoms with Crippen LogP contribution in [0.25, 0.3) is 11.2 Å². The zero-order valence-electron chi connectivity index (χ0n) is 37.0. The number of nitrogens with one attached hydrogen (secondary N) is 8. The van der Waals surface area contributed by atoms with Gasteiger partial charge in [-0.2, -0.15) is 17.6 Å². The molecule has 2 aromatic heterocycles. The van der Waals surface area contributed by atoms with Gasteiger partial charge in [-0.05, 0) is 68.5 Å². The first-order chi connectivity index (χ1) is 32.5. The van der Waals surface area contributed by atoms with Crippen molar-refractivity contribution in [1.82, 2.24) is 51.8 Å². The Labute approximate surface area is 394 Å². The first-order valence-corrected chi connectivity index (χ1v) is 22.0. The van der Waals surface area contributed by atoms with Crippen molar-refractivity contribution < 1.29 is 48.6 Å². The molecule has 5 atom stereocenters. The van der Waals surface area contributed by atoms with Gasteiger partial charge in [-0.25, -0.2) is 14.8 Å². The second kappa shape index (κ2) is 26.5. The Morgan fingerprint density at radius 3 is 1.99 bits per heavy atom. The van der Waals surface area contributed by atoms with Gasteiger partial charge in [0.2, 0.25) is 35.5 Å². The van der Waals surface area contributed by atoms with Crippen LogP contribution in [0.4, 0.5) is 11.6 Å². The molecule has 68 heavy (non-hydrogen) atoms. The van der Waals surface area contributed by atoms with Crippen molar-refractivity contribution in [3.8, 4) is 0 Å². The fraction of sp³-hybridized carbons (Fsp3) is 0.395. The molecule has 0 fully saturated rings. The van der Waals surface area contributed by atoms with E-state index in [-0.39, 0.29) is 67.2 Å². The highest BCUT2D eigenvalue weighted by molar-refractivity contribution is 7.80. The molecule has 4 aromatic rings. The minimum Gasteiger partial charge on any atom is -0.481 e. The smallest absolute Gasteiger partial charge is 0.326 e. The second-order valence-electron chi connectivity index (χ2n) is 15.3. The first kappa shape index (κ1) is 52.9. The maximum absolute atomic E-state index is 13.7. The largest absolute Gasteiger partial charge is 0.481 e. The van der Waals surface area contributed by atoms with Gasteiger partial charge in [-0.15, -0.1) is 0 Å². The van der Waals surface area contributed by atoms with Crippen LogP contribution < -0.4 is 54.2 Å². The van der Waals surface area contributed by atoms with E-state index in [9.17, 15) is 53.4 Å². The zero-order valence-corrected chi connectivity index (χ0v) is 37.8. The van der Waals surface area contributed by atoms with Crippen LogP contribution in [0, 0.1) is 0 Å². The number of anilines is 2. The van der Waals surface area contributed by atoms with Crippen LogP contribution in [0.1, 0.15) is 66.6 Å². The van der Waals surface area contributed by atoms with E-state index in [0.29, 0.717) is 24.2 Å². The predicted molar refractivity (Wildman–Crippen MR) is 250 cm³/mol. The molecular weight excluding hydrogens is 907 g/mol. The lowest BCUT2D eigenvalue weighted by atomic mass is 10.0. The fourth-order valence-corrected chi connectivity index (χ4v) is 6.83. The Morgan fingerprint density at radius 2 is 1.37 bits per heavy atom. The number of fused-ring (bicyclic) bond motifs is 1. The van der Waals surface area contributed by atoms with Gasteiger partial charge < -0.3 is 58.9 Å². The summed E-state index contributed by atoms with van der Waals surface area (Å²) in [7, 11) is 1.38. The van der Waals surface area contributed by atoms with Gasteiger partial charge in [0.15, 0.2) is 11.2 Å². The number of carbonyl (C=O) groups excluding carboxylic acids is 6. The quantitative estimate of drug-likeness (QED) is 0.0245. The molecule has 0 aliphatic rings. The van der Waals surface area contributed by atoms with E-state index in [2.05, 4.69) is 69.8 Å². The van der Waals surface area contributed by atoms with E-state index in [4.69, 9.17) is 11.5 Å². The Bertz CT molecular complexity index is 2480. The number of unbranched alkanes of at least 4 members (excludes halogenated alkanes) is 1. The third kappa shape index (κ3) is 16.6. The summed E-state index contributed by atoms with van der Waals surface area (Å²) in [6, 6.07) is 8.14. The van der Waals surface area contributed by atoms with Gasteiger partial charge in [0.1, 0.15) is 30.2 Å². The molecule has 24 nitrogen and oxygen atoms in total. The SMILES string of the molecule is CNC(=O)[C@H](Cc1ccccc1)NC(=O)C(CCC(=O)O)NC(=O)[C@H](CCCCN)NC(=O)[C@H](CS)NC(=O)CC[C@H](NC(=O)c1ccc(NCc2cnc3nc(N)[nH]c(=O)c3n2)cc1)C(=O)O. The number of aromatic nitrogens is 4. The maximum Gasteiger partial charge on any atom is 0.326 e. The number of amides is 6. The normalized spacial score (nSPS) is 13.1. The molecule has 4 rings (SSSR count). The van der Waals surface area contributed by atoms with Crippen molar-refractivity contribution in [2.24, 2.45) is 5.73 Å². The van der Waals surface area contributed by atoms with Crippen molar-refractivity contribution in [3.05, 3.63) is 88.0 Å². The van der Waals surface area contributed by atoms with Gasteiger partial charge in [0.05, 0.1) is 18.4 Å². The highest BCUT2D eigenvalue weighted by atomic mass is 32.1. The van der Waals surface area contributed by atoms with E-state index < -0.39 is 96.0 Å². The highest BCUT2D eigenvalue weighted by Gasteiger charge is 2.32. The van der Waals surface area contributed by atoms with Crippen LogP contribution in [-0.2, 0) is 46.5 Å². The monoisotopic (exact) mass is 961 g/mol. The summed E-state index contributed by atoms with van der Waals surface area (Å²) in [4.78, 5) is 130. The van der Waals surface area contributed by atoms with Crippen LogP contribution >= 0.6 is 12.6 Å². The third-order valence-electron chi connectivity index (χ3n) is 10.2. The van der Waals surface area contributed by atoms with Crippen molar-refractivity contribution >= 4 is 82.8 Å². The summed E-state index contributed by atoms with van der Waals surface area (Å²) in [5.41, 5.74) is 12.5. The number of nitrogen functional groups attached to an aromatic ring is 1. The molecule has 364 valence electrons. The van der Waals surface area contributed by atoms with E-state index in [1.807, 2.05) is 0 Å². The summed E-state index contributed by atoms with van der Waals surface area (Å²) in [6.45, 7) is 0.410. The molecule has 0 saturated carbocycles. The van der Waals surface area contributed by atoms with Crippen molar-refractivity contribution in [3.63, 3.8) is 0 Å². The number of aliphatic carboxylic acids is 2. The van der Waals surface area contributed by atoms with Gasteiger partial charge in [-0.3, -0.25) is 43.3 Å². The molecule has 0 radical (unpaired) electrons. The number of carbonyl (C=O) groups is 8. The Morgan fingerprint density at radius 1 is 0.735 bits per heavy atom. The number of carboxylic acid groups (broad SMARTS) is 2. The van der Waals surface area contributed by atoms with Crippen LogP contribution in [0.3, 0.4) is 0 Å². The standard InChI is InChI=1S/C43H55N13O11S/c1-46-37(61)30(19-23-7-3-2-4-8-23)54-39(63)28(15-17-33(58)59)52-38(62)27(9-5-6-18-44)51-40(64)31(22-68)50-32(57)16-14-29(42(66)67)53-36(60)24-10-12-25(13-11-24)47-20-26-21-48-35-34(49-26)41(65)56-43(45)55-35/h2-4,7-8,10-13,21,27-31,47,68H,5-6,9,14-20,22,44H2,1H3,(H,46,61)(H,50,57)(H,51,64)(H,52,62)(H,53,60)(H,54,63)(H,58,59)(H,66,67)(H3,45,48,55,56,65)/t27-,28?,29-,30-,31-/m0/s1.